The molecule has 1 heterocycles. The average molecular weight is 374 g/mol. The number of amides is 2. The lowest BCUT2D eigenvalue weighted by atomic mass is 10.1. The zero-order valence-electron chi connectivity index (χ0n) is 15.6. The fourth-order valence-electron chi connectivity index (χ4n) is 2.76. The predicted molar refractivity (Wildman–Crippen MR) is 110 cm³/mol. The van der Waals surface area contributed by atoms with Gasteiger partial charge < -0.3 is 16.4 Å². The normalized spacial score (nSPS) is 10.4. The summed E-state index contributed by atoms with van der Waals surface area (Å²) in [5.41, 5.74) is 10.1. The van der Waals surface area contributed by atoms with Gasteiger partial charge in [0.15, 0.2) is 0 Å². The summed E-state index contributed by atoms with van der Waals surface area (Å²) in [4.78, 5) is 28.9. The van der Waals surface area contributed by atoms with Crippen LogP contribution < -0.4 is 16.4 Å². The second-order valence-electron chi connectivity index (χ2n) is 6.47. The number of benzene rings is 2. The first-order chi connectivity index (χ1) is 13.5. The molecule has 0 atom stereocenters. The van der Waals surface area contributed by atoms with E-state index in [1.165, 1.54) is 0 Å². The maximum atomic E-state index is 12.6. The number of nitrogens with two attached hydrogens (primary N) is 1. The summed E-state index contributed by atoms with van der Waals surface area (Å²) in [5, 5.41) is 5.74. The number of rotatable bonds is 6. The monoisotopic (exact) mass is 374 g/mol. The minimum Gasteiger partial charge on any atom is -0.326 e. The van der Waals surface area contributed by atoms with Gasteiger partial charge >= 0.3 is 0 Å². The number of nitrogens with zero attached hydrogens (tertiary/aromatic N) is 1. The number of pyridine rings is 1. The molecule has 0 bridgehead atoms. The van der Waals surface area contributed by atoms with E-state index >= 15 is 0 Å². The van der Waals surface area contributed by atoms with Gasteiger partial charge in [-0.25, -0.2) is 0 Å². The Labute approximate surface area is 163 Å². The predicted octanol–water partition coefficient (Wildman–Crippen LogP) is 3.28. The van der Waals surface area contributed by atoms with Crippen LogP contribution in [0.25, 0.3) is 0 Å². The number of hydrogen-bond acceptors (Lipinski definition) is 4. The van der Waals surface area contributed by atoms with Crippen molar-refractivity contribution in [1.82, 2.24) is 4.98 Å². The standard InChI is InChI=1S/C22H22N4O2/c1-15-5-6-18(22(28)25-19-4-2-3-17(11-19)14-23)13-20(15)26-21(27)12-16-7-9-24-10-8-16/h2-11,13H,12,14,23H2,1H3,(H,25,28)(H,26,27). The van der Waals surface area contributed by atoms with E-state index < -0.39 is 0 Å². The van der Waals surface area contributed by atoms with Crippen LogP contribution in [0.2, 0.25) is 0 Å². The van der Waals surface area contributed by atoms with E-state index in [0.29, 0.717) is 23.5 Å². The molecule has 0 aliphatic heterocycles. The SMILES string of the molecule is Cc1ccc(C(=O)Nc2cccc(CN)c2)cc1NC(=O)Cc1ccncc1. The molecule has 2 aromatic carbocycles. The number of anilines is 2. The van der Waals surface area contributed by atoms with Crippen LogP contribution in [0.4, 0.5) is 11.4 Å². The van der Waals surface area contributed by atoms with Gasteiger partial charge in [0, 0.05) is 35.9 Å². The number of hydrogen-bond donors (Lipinski definition) is 3. The third-order valence-corrected chi connectivity index (χ3v) is 4.31. The Bertz CT molecular complexity index is 987. The van der Waals surface area contributed by atoms with Gasteiger partial charge in [0.1, 0.15) is 0 Å². The lowest BCUT2D eigenvalue weighted by Gasteiger charge is -2.12. The van der Waals surface area contributed by atoms with Crippen LogP contribution in [-0.4, -0.2) is 16.8 Å². The second kappa shape index (κ2) is 8.92. The van der Waals surface area contributed by atoms with E-state index in [4.69, 9.17) is 5.73 Å². The van der Waals surface area contributed by atoms with Crippen molar-refractivity contribution in [3.63, 3.8) is 0 Å². The largest absolute Gasteiger partial charge is 0.326 e. The molecule has 0 fully saturated rings. The van der Waals surface area contributed by atoms with Crippen LogP contribution in [0.15, 0.2) is 67.0 Å². The van der Waals surface area contributed by atoms with Crippen LogP contribution in [0.3, 0.4) is 0 Å². The average Bonchev–Trinajstić information content (AvgIpc) is 2.70. The van der Waals surface area contributed by atoms with Crippen molar-refractivity contribution in [2.45, 2.75) is 19.9 Å². The highest BCUT2D eigenvalue weighted by Gasteiger charge is 2.11. The first-order valence-corrected chi connectivity index (χ1v) is 8.95. The quantitative estimate of drug-likeness (QED) is 0.617. The number of carbonyl (C=O) groups excluding carboxylic acids is 2. The van der Waals surface area contributed by atoms with E-state index in [2.05, 4.69) is 15.6 Å². The van der Waals surface area contributed by atoms with Crippen molar-refractivity contribution in [3.8, 4) is 0 Å². The third kappa shape index (κ3) is 5.02. The van der Waals surface area contributed by atoms with E-state index in [0.717, 1.165) is 16.7 Å². The van der Waals surface area contributed by atoms with Gasteiger partial charge in [-0.15, -0.1) is 0 Å². The van der Waals surface area contributed by atoms with Crippen LogP contribution in [0.1, 0.15) is 27.0 Å². The van der Waals surface area contributed by atoms with Crippen molar-refractivity contribution in [3.05, 3.63) is 89.2 Å². The first kappa shape index (κ1) is 19.3. The van der Waals surface area contributed by atoms with Gasteiger partial charge in [0.25, 0.3) is 5.91 Å². The van der Waals surface area contributed by atoms with E-state index in [1.54, 1.807) is 36.7 Å². The molecular weight excluding hydrogens is 352 g/mol. The van der Waals surface area contributed by atoms with Gasteiger partial charge in [0.2, 0.25) is 5.91 Å². The van der Waals surface area contributed by atoms with Crippen LogP contribution >= 0.6 is 0 Å². The molecular formula is C22H22N4O2. The Morgan fingerprint density at radius 3 is 2.50 bits per heavy atom. The summed E-state index contributed by atoms with van der Waals surface area (Å²) in [6.45, 7) is 2.29. The highest BCUT2D eigenvalue weighted by molar-refractivity contribution is 6.05. The molecule has 3 aromatic rings. The maximum absolute atomic E-state index is 12.6. The van der Waals surface area contributed by atoms with Gasteiger partial charge in [-0.05, 0) is 60.0 Å². The molecule has 0 unspecified atom stereocenters. The van der Waals surface area contributed by atoms with Gasteiger partial charge in [0.05, 0.1) is 6.42 Å². The van der Waals surface area contributed by atoms with Crippen molar-refractivity contribution in [2.75, 3.05) is 10.6 Å². The molecule has 0 aliphatic rings. The third-order valence-electron chi connectivity index (χ3n) is 4.31. The van der Waals surface area contributed by atoms with Crippen molar-refractivity contribution >= 4 is 23.2 Å². The molecule has 4 N–H and O–H groups in total. The Morgan fingerprint density at radius 1 is 0.964 bits per heavy atom. The number of nitrogens with one attached hydrogen (secondary N) is 2. The lowest BCUT2D eigenvalue weighted by molar-refractivity contribution is -0.115. The van der Waals surface area contributed by atoms with Crippen molar-refractivity contribution < 1.29 is 9.59 Å². The van der Waals surface area contributed by atoms with Gasteiger partial charge in [-0.1, -0.05) is 18.2 Å². The molecule has 6 nitrogen and oxygen atoms in total. The highest BCUT2D eigenvalue weighted by Crippen LogP contribution is 2.19. The molecule has 0 aliphatic carbocycles. The maximum Gasteiger partial charge on any atom is 0.255 e. The molecule has 1 aromatic heterocycles. The summed E-state index contributed by atoms with van der Waals surface area (Å²) >= 11 is 0. The number of aromatic nitrogens is 1. The molecule has 28 heavy (non-hydrogen) atoms. The van der Waals surface area contributed by atoms with Crippen molar-refractivity contribution in [1.29, 1.82) is 0 Å². The molecule has 0 saturated heterocycles. The first-order valence-electron chi connectivity index (χ1n) is 8.95. The van der Waals surface area contributed by atoms with Crippen LogP contribution in [0, 0.1) is 6.92 Å². The summed E-state index contributed by atoms with van der Waals surface area (Å²) in [7, 11) is 0. The molecule has 142 valence electrons. The highest BCUT2D eigenvalue weighted by atomic mass is 16.2. The smallest absolute Gasteiger partial charge is 0.255 e. The van der Waals surface area contributed by atoms with Gasteiger partial charge in [-0.3, -0.25) is 14.6 Å². The fourth-order valence-corrected chi connectivity index (χ4v) is 2.76. The van der Waals surface area contributed by atoms with E-state index in [-0.39, 0.29) is 18.2 Å². The Hall–Kier alpha value is -3.51. The Balaban J connectivity index is 1.71. The molecule has 0 saturated carbocycles. The van der Waals surface area contributed by atoms with Crippen LogP contribution in [0.5, 0.6) is 0 Å². The minimum absolute atomic E-state index is 0.150. The Morgan fingerprint density at radius 2 is 1.75 bits per heavy atom. The lowest BCUT2D eigenvalue weighted by Crippen LogP contribution is -2.17. The molecule has 0 spiro atoms. The zero-order chi connectivity index (χ0) is 19.9. The van der Waals surface area contributed by atoms with E-state index in [1.807, 2.05) is 37.3 Å². The fraction of sp³-hybridized carbons (Fsp3) is 0.136. The summed E-state index contributed by atoms with van der Waals surface area (Å²) < 4.78 is 0. The number of carbonyl (C=O) groups is 2. The minimum atomic E-state index is -0.251. The summed E-state index contributed by atoms with van der Waals surface area (Å²) in [5.74, 6) is -0.402. The molecule has 6 heteroatoms. The topological polar surface area (TPSA) is 97.1 Å². The van der Waals surface area contributed by atoms with Gasteiger partial charge in [-0.2, -0.15) is 0 Å². The summed E-state index contributed by atoms with van der Waals surface area (Å²) in [6, 6.07) is 16.2. The number of aryl methyl sites for hydroxylation is 1. The molecule has 0 radical (unpaired) electrons. The zero-order valence-corrected chi connectivity index (χ0v) is 15.6. The van der Waals surface area contributed by atoms with Crippen molar-refractivity contribution in [2.24, 2.45) is 5.73 Å². The summed E-state index contributed by atoms with van der Waals surface area (Å²) in [6.07, 6.45) is 3.54. The van der Waals surface area contributed by atoms with E-state index in [9.17, 15) is 9.59 Å². The second-order valence-corrected chi connectivity index (χ2v) is 6.47. The molecule has 2 amide bonds. The van der Waals surface area contributed by atoms with Crippen LogP contribution in [-0.2, 0) is 17.8 Å². The Kier molecular flexibility index (Phi) is 6.14. The molecule has 3 rings (SSSR count).